The van der Waals surface area contributed by atoms with Gasteiger partial charge in [-0.3, -0.25) is 14.1 Å². The van der Waals surface area contributed by atoms with Gasteiger partial charge in [-0.1, -0.05) is 13.3 Å². The Balaban J connectivity index is -0.000000317. The fourth-order valence-electron chi connectivity index (χ4n) is 0.929. The number of carboxylic acid groups (broad SMARTS) is 2. The molecule has 10 heteroatoms. The fraction of sp³-hybridized carbons (Fsp3) is 0.727. The van der Waals surface area contributed by atoms with Crippen molar-refractivity contribution in [2.75, 3.05) is 13.2 Å². The number of hydrogen-bond acceptors (Lipinski definition) is 5. The first kappa shape index (κ1) is 26.3. The number of rotatable bonds is 9. The zero-order chi connectivity index (χ0) is 16.2. The van der Waals surface area contributed by atoms with Crippen LogP contribution in [0.2, 0.25) is 0 Å². The Kier molecular flexibility index (Phi) is 19.3. The summed E-state index contributed by atoms with van der Waals surface area (Å²) >= 11 is 0. The molecular weight excluding hydrogens is 331 g/mol. The van der Waals surface area contributed by atoms with Gasteiger partial charge < -0.3 is 21.9 Å². The van der Waals surface area contributed by atoms with Gasteiger partial charge in [0.05, 0.1) is 6.42 Å². The van der Waals surface area contributed by atoms with E-state index in [0.29, 0.717) is 0 Å². The minimum absolute atomic E-state index is 0. The van der Waals surface area contributed by atoms with Crippen LogP contribution in [0.1, 0.15) is 32.6 Å². The second-order valence-corrected chi connectivity index (χ2v) is 5.36. The fourth-order valence-corrected chi connectivity index (χ4v) is 1.54. The van der Waals surface area contributed by atoms with Crippen LogP contribution in [-0.4, -0.2) is 53.6 Å². The predicted octanol–water partition coefficient (Wildman–Crippen LogP) is -2.17. The number of hydrogen-bond donors (Lipinski definition) is 3. The third kappa shape index (κ3) is 18.4. The van der Waals surface area contributed by atoms with Crippen molar-refractivity contribution in [3.05, 3.63) is 6.92 Å². The summed E-state index contributed by atoms with van der Waals surface area (Å²) in [5, 5.41) is 13.9. The molecule has 0 aliphatic rings. The average molecular weight is 352 g/mol. The molecule has 120 valence electrons. The van der Waals surface area contributed by atoms with Gasteiger partial charge in [-0.05, 0) is 6.42 Å². The monoisotopic (exact) mass is 352 g/mol. The molecule has 0 fully saturated rings. The van der Waals surface area contributed by atoms with Crippen LogP contribution in [0.25, 0.3) is 0 Å². The molecule has 0 radical (unpaired) electrons. The Hall–Kier alpha value is 0.446. The third-order valence-electron chi connectivity index (χ3n) is 1.93. The minimum Gasteiger partial charge on any atom is -0.481 e. The normalized spacial score (nSPS) is 11.6. The SMILES string of the molecule is O=C(O)CC(C(=O)O)S(=O)(=O)O.[CH2-]CCOCCCC.[K+]. The number of ether oxygens (including phenoxy) is 1. The first-order valence-corrected chi connectivity index (χ1v) is 7.45. The molecule has 0 amide bonds. The van der Waals surface area contributed by atoms with Crippen molar-refractivity contribution in [3.63, 3.8) is 0 Å². The molecule has 3 N–H and O–H groups in total. The second-order valence-electron chi connectivity index (χ2n) is 3.76. The Morgan fingerprint density at radius 1 is 1.24 bits per heavy atom. The second kappa shape index (κ2) is 15.3. The predicted molar refractivity (Wildman–Crippen MR) is 70.9 cm³/mol. The smallest absolute Gasteiger partial charge is 0.481 e. The molecule has 0 rings (SSSR count). The number of aliphatic carboxylic acids is 2. The van der Waals surface area contributed by atoms with Crippen LogP contribution in [0.3, 0.4) is 0 Å². The van der Waals surface area contributed by atoms with E-state index in [1.54, 1.807) is 0 Å². The van der Waals surface area contributed by atoms with Crippen LogP contribution in [0.4, 0.5) is 0 Å². The van der Waals surface area contributed by atoms with Crippen molar-refractivity contribution in [2.45, 2.75) is 37.9 Å². The van der Waals surface area contributed by atoms with E-state index < -0.39 is 33.7 Å². The number of carbonyl (C=O) groups is 2. The largest absolute Gasteiger partial charge is 1.00 e. The summed E-state index contributed by atoms with van der Waals surface area (Å²) in [6.45, 7) is 7.55. The van der Waals surface area contributed by atoms with Crippen molar-refractivity contribution in [3.8, 4) is 0 Å². The zero-order valence-corrected chi connectivity index (χ0v) is 16.3. The summed E-state index contributed by atoms with van der Waals surface area (Å²) in [7, 11) is -4.84. The van der Waals surface area contributed by atoms with E-state index in [9.17, 15) is 18.0 Å². The molecule has 0 spiro atoms. The van der Waals surface area contributed by atoms with Gasteiger partial charge in [0, 0.05) is 13.2 Å². The molecule has 0 saturated carbocycles. The van der Waals surface area contributed by atoms with E-state index in [1.807, 2.05) is 0 Å². The molecule has 0 aliphatic carbocycles. The van der Waals surface area contributed by atoms with Crippen molar-refractivity contribution in [1.82, 2.24) is 0 Å². The zero-order valence-electron chi connectivity index (χ0n) is 12.3. The first-order chi connectivity index (χ1) is 9.16. The maximum absolute atomic E-state index is 10.2. The maximum atomic E-state index is 10.2. The molecule has 0 aromatic heterocycles. The van der Waals surface area contributed by atoms with Crippen molar-refractivity contribution >= 4 is 22.1 Å². The van der Waals surface area contributed by atoms with Crippen molar-refractivity contribution in [1.29, 1.82) is 0 Å². The average Bonchev–Trinajstić information content (AvgIpc) is 2.31. The van der Waals surface area contributed by atoms with Gasteiger partial charge in [0.2, 0.25) is 0 Å². The molecule has 1 atom stereocenters. The summed E-state index contributed by atoms with van der Waals surface area (Å²) in [6.07, 6.45) is 2.13. The quantitative estimate of drug-likeness (QED) is 0.184. The van der Waals surface area contributed by atoms with E-state index >= 15 is 0 Å². The Morgan fingerprint density at radius 2 is 1.76 bits per heavy atom. The van der Waals surface area contributed by atoms with Crippen LogP contribution in [0, 0.1) is 6.92 Å². The number of unbranched alkanes of at least 4 members (excludes halogenated alkanes) is 1. The molecule has 0 saturated heterocycles. The third-order valence-corrected chi connectivity index (χ3v) is 3.01. The van der Waals surface area contributed by atoms with E-state index in [4.69, 9.17) is 19.5 Å². The number of carboxylic acids is 2. The van der Waals surface area contributed by atoms with Gasteiger partial charge in [0.25, 0.3) is 10.1 Å². The van der Waals surface area contributed by atoms with Crippen molar-refractivity contribution in [2.24, 2.45) is 0 Å². The maximum Gasteiger partial charge on any atom is 1.00 e. The summed E-state index contributed by atoms with van der Waals surface area (Å²) in [5.41, 5.74) is 0. The van der Waals surface area contributed by atoms with Crippen LogP contribution < -0.4 is 51.4 Å². The van der Waals surface area contributed by atoms with Crippen LogP contribution in [-0.2, 0) is 24.4 Å². The molecule has 0 heterocycles. The van der Waals surface area contributed by atoms with Crippen molar-refractivity contribution < 1.29 is 88.9 Å². The first-order valence-electron chi connectivity index (χ1n) is 5.94. The van der Waals surface area contributed by atoms with Crippen LogP contribution >= 0.6 is 0 Å². The molecule has 0 aromatic carbocycles. The standard InChI is InChI=1S/C7H15O.C4H6O7S.K/c1-3-5-7-8-6-4-2;5-3(6)1-2(4(7)8)12(9,10)11;/h2-7H2,1H3;2H,1H2,(H,5,6)(H,7,8)(H,9,10,11);/q-1;;+1. The molecule has 21 heavy (non-hydrogen) atoms. The van der Waals surface area contributed by atoms with Gasteiger partial charge in [0.1, 0.15) is 0 Å². The summed E-state index contributed by atoms with van der Waals surface area (Å²) < 4.78 is 33.8. The molecule has 0 aliphatic heterocycles. The Labute approximate surface area is 167 Å². The Bertz CT molecular complexity index is 376. The van der Waals surface area contributed by atoms with Gasteiger partial charge >= 0.3 is 63.3 Å². The van der Waals surface area contributed by atoms with E-state index in [0.717, 1.165) is 19.6 Å². The summed E-state index contributed by atoms with van der Waals surface area (Å²) in [4.78, 5) is 20.0. The minimum atomic E-state index is -4.84. The van der Waals surface area contributed by atoms with Crippen LogP contribution in [0.15, 0.2) is 0 Å². The van der Waals surface area contributed by atoms with Crippen LogP contribution in [0.5, 0.6) is 0 Å². The van der Waals surface area contributed by atoms with Gasteiger partial charge in [-0.15, -0.1) is 0 Å². The Morgan fingerprint density at radius 3 is 2.00 bits per heavy atom. The summed E-state index contributed by atoms with van der Waals surface area (Å²) in [6, 6.07) is 0. The molecule has 8 nitrogen and oxygen atoms in total. The molecular formula is C11H21KO8S. The molecule has 0 bridgehead atoms. The van der Waals surface area contributed by atoms with Gasteiger partial charge in [-0.25, -0.2) is 0 Å². The van der Waals surface area contributed by atoms with Gasteiger partial charge in [-0.2, -0.15) is 14.8 Å². The van der Waals surface area contributed by atoms with Gasteiger partial charge in [0.15, 0.2) is 5.25 Å². The topological polar surface area (TPSA) is 138 Å². The van der Waals surface area contributed by atoms with E-state index in [1.165, 1.54) is 12.8 Å². The van der Waals surface area contributed by atoms with E-state index in [2.05, 4.69) is 13.8 Å². The molecule has 1 unspecified atom stereocenters. The van der Waals surface area contributed by atoms with E-state index in [-0.39, 0.29) is 51.4 Å². The molecule has 0 aromatic rings. The summed E-state index contributed by atoms with van der Waals surface area (Å²) in [5.74, 6) is -3.50.